The quantitative estimate of drug-likeness (QED) is 0.668. The molecule has 0 radical (unpaired) electrons. The van der Waals surface area contributed by atoms with Crippen LogP contribution in [0.25, 0.3) is 0 Å². The molecule has 0 unspecified atom stereocenters. The summed E-state index contributed by atoms with van der Waals surface area (Å²) in [7, 11) is 1.88. The Bertz CT molecular complexity index is 607. The fraction of sp³-hybridized carbons (Fsp3) is 0.182. The fourth-order valence-electron chi connectivity index (χ4n) is 1.38. The van der Waals surface area contributed by atoms with Gasteiger partial charge in [-0.25, -0.2) is 0 Å². The molecule has 0 aliphatic heterocycles. The van der Waals surface area contributed by atoms with E-state index in [9.17, 15) is 0 Å². The first-order valence-corrected chi connectivity index (χ1v) is 6.36. The van der Waals surface area contributed by atoms with Crippen LogP contribution in [0.1, 0.15) is 11.4 Å². The van der Waals surface area contributed by atoms with Crippen LogP contribution in [-0.2, 0) is 7.05 Å². The van der Waals surface area contributed by atoms with Crippen LogP contribution in [0, 0.1) is 12.3 Å². The molecule has 0 saturated carbocycles. The van der Waals surface area contributed by atoms with Crippen molar-refractivity contribution in [2.24, 2.45) is 12.8 Å². The average Bonchev–Trinajstić information content (AvgIpc) is 2.61. The summed E-state index contributed by atoms with van der Waals surface area (Å²) < 4.78 is 1.87. The van der Waals surface area contributed by atoms with E-state index < -0.39 is 0 Å². The van der Waals surface area contributed by atoms with E-state index in [1.54, 1.807) is 18.2 Å². The second kappa shape index (κ2) is 4.99. The Morgan fingerprint density at radius 3 is 2.72 bits per heavy atom. The number of nitrogens with zero attached hydrogens (tertiary/aromatic N) is 3. The number of nitrogens with two attached hydrogens (primary N) is 1. The summed E-state index contributed by atoms with van der Waals surface area (Å²) in [5.74, 6) is 0.831. The van der Waals surface area contributed by atoms with Crippen molar-refractivity contribution in [2.45, 2.75) is 17.0 Å². The van der Waals surface area contributed by atoms with Gasteiger partial charge in [-0.3, -0.25) is 5.41 Å². The van der Waals surface area contributed by atoms with Crippen molar-refractivity contribution in [2.75, 3.05) is 0 Å². The molecule has 0 aliphatic rings. The first-order valence-electron chi connectivity index (χ1n) is 5.17. The van der Waals surface area contributed by atoms with Crippen molar-refractivity contribution >= 4 is 29.2 Å². The highest BCUT2D eigenvalue weighted by molar-refractivity contribution is 7.99. The molecule has 2 aromatic rings. The summed E-state index contributed by atoms with van der Waals surface area (Å²) >= 11 is 7.35. The molecule has 3 N–H and O–H groups in total. The van der Waals surface area contributed by atoms with Gasteiger partial charge in [-0.2, -0.15) is 0 Å². The number of nitrogens with one attached hydrogen (secondary N) is 1. The number of hydrogen-bond acceptors (Lipinski definition) is 4. The van der Waals surface area contributed by atoms with Crippen molar-refractivity contribution in [3.63, 3.8) is 0 Å². The molecule has 1 heterocycles. The number of amidine groups is 1. The minimum absolute atomic E-state index is 0.00746. The number of nitrogen functional groups attached to an aromatic ring is 1. The Labute approximate surface area is 114 Å². The maximum absolute atomic E-state index is 7.55. The van der Waals surface area contributed by atoms with Gasteiger partial charge >= 0.3 is 0 Å². The molecule has 94 valence electrons. The monoisotopic (exact) mass is 281 g/mol. The smallest absolute Gasteiger partial charge is 0.195 e. The molecule has 0 saturated heterocycles. The number of halogens is 1. The summed E-state index contributed by atoms with van der Waals surface area (Å²) in [4.78, 5) is 0.797. The van der Waals surface area contributed by atoms with Crippen LogP contribution >= 0.6 is 23.4 Å². The summed E-state index contributed by atoms with van der Waals surface area (Å²) in [6.45, 7) is 1.88. The zero-order chi connectivity index (χ0) is 13.3. The van der Waals surface area contributed by atoms with Crippen LogP contribution in [0.3, 0.4) is 0 Å². The molecule has 18 heavy (non-hydrogen) atoms. The molecule has 0 aliphatic carbocycles. The molecule has 0 amide bonds. The van der Waals surface area contributed by atoms with Crippen molar-refractivity contribution in [3.8, 4) is 0 Å². The lowest BCUT2D eigenvalue weighted by Gasteiger charge is -2.07. The van der Waals surface area contributed by atoms with E-state index in [4.69, 9.17) is 22.7 Å². The van der Waals surface area contributed by atoms with Crippen LogP contribution in [0.4, 0.5) is 0 Å². The Morgan fingerprint density at radius 1 is 1.44 bits per heavy atom. The number of aromatic nitrogens is 3. The maximum atomic E-state index is 7.55. The van der Waals surface area contributed by atoms with E-state index in [1.807, 2.05) is 18.5 Å². The number of rotatable bonds is 3. The van der Waals surface area contributed by atoms with Gasteiger partial charge in [-0.05, 0) is 36.9 Å². The van der Waals surface area contributed by atoms with Crippen molar-refractivity contribution < 1.29 is 0 Å². The van der Waals surface area contributed by atoms with Gasteiger partial charge in [0.25, 0.3) is 0 Å². The van der Waals surface area contributed by atoms with Crippen LogP contribution in [0.2, 0.25) is 5.02 Å². The first kappa shape index (κ1) is 12.9. The summed E-state index contributed by atoms with van der Waals surface area (Å²) in [5, 5.41) is 16.9. The number of benzene rings is 1. The maximum Gasteiger partial charge on any atom is 0.195 e. The molecular weight excluding hydrogens is 270 g/mol. The molecular formula is C11H12ClN5S. The van der Waals surface area contributed by atoms with Crippen LogP contribution < -0.4 is 5.73 Å². The topological polar surface area (TPSA) is 80.6 Å². The predicted molar refractivity (Wildman–Crippen MR) is 72.3 cm³/mol. The minimum atomic E-state index is 0.00746. The van der Waals surface area contributed by atoms with Crippen molar-refractivity contribution in [1.82, 2.24) is 14.8 Å². The first-order chi connectivity index (χ1) is 8.49. The zero-order valence-electron chi connectivity index (χ0n) is 9.94. The van der Waals surface area contributed by atoms with Crippen LogP contribution in [0.5, 0.6) is 0 Å². The lowest BCUT2D eigenvalue weighted by molar-refractivity contribution is 0.765. The van der Waals surface area contributed by atoms with Gasteiger partial charge in [0.05, 0.1) is 0 Å². The zero-order valence-corrected chi connectivity index (χ0v) is 11.5. The van der Waals surface area contributed by atoms with E-state index in [-0.39, 0.29) is 5.84 Å². The van der Waals surface area contributed by atoms with Gasteiger partial charge < -0.3 is 10.3 Å². The van der Waals surface area contributed by atoms with E-state index in [2.05, 4.69) is 10.2 Å². The van der Waals surface area contributed by atoms with E-state index in [1.165, 1.54) is 11.8 Å². The molecule has 5 nitrogen and oxygen atoms in total. The average molecular weight is 282 g/mol. The Hall–Kier alpha value is -1.53. The lowest BCUT2D eigenvalue weighted by atomic mass is 10.2. The van der Waals surface area contributed by atoms with E-state index >= 15 is 0 Å². The van der Waals surface area contributed by atoms with Gasteiger partial charge in [0.15, 0.2) is 5.16 Å². The third-order valence-electron chi connectivity index (χ3n) is 2.49. The van der Waals surface area contributed by atoms with Crippen LogP contribution in [0.15, 0.2) is 28.3 Å². The largest absolute Gasteiger partial charge is 0.384 e. The third kappa shape index (κ3) is 2.49. The standard InChI is InChI=1S/C11H12ClN5S/c1-6-15-16-11(17(6)2)18-9-5-7(12)3-4-8(9)10(13)14/h3-5H,1-2H3,(H3,13,14). The molecule has 1 aromatic heterocycles. The van der Waals surface area contributed by atoms with Crippen molar-refractivity contribution in [3.05, 3.63) is 34.6 Å². The second-order valence-corrected chi connectivity index (χ2v) is 5.19. The highest BCUT2D eigenvalue weighted by Gasteiger charge is 2.12. The summed E-state index contributed by atoms with van der Waals surface area (Å²) in [6, 6.07) is 5.22. The third-order valence-corrected chi connectivity index (χ3v) is 3.82. The van der Waals surface area contributed by atoms with Gasteiger partial charge in [0, 0.05) is 22.5 Å². The minimum Gasteiger partial charge on any atom is -0.384 e. The Balaban J connectivity index is 2.42. The Kier molecular flexibility index (Phi) is 3.58. The molecule has 0 bridgehead atoms. The highest BCUT2D eigenvalue weighted by atomic mass is 35.5. The summed E-state index contributed by atoms with van der Waals surface area (Å²) in [5.41, 5.74) is 6.19. The van der Waals surface area contributed by atoms with Gasteiger partial charge in [0.1, 0.15) is 11.7 Å². The van der Waals surface area contributed by atoms with E-state index in [0.717, 1.165) is 15.9 Å². The predicted octanol–water partition coefficient (Wildman–Crippen LogP) is 2.21. The van der Waals surface area contributed by atoms with Crippen molar-refractivity contribution in [1.29, 1.82) is 5.41 Å². The fourth-order valence-corrected chi connectivity index (χ4v) is 2.64. The molecule has 0 spiro atoms. The number of hydrogen-bond donors (Lipinski definition) is 2. The van der Waals surface area contributed by atoms with Gasteiger partial charge in [-0.1, -0.05) is 11.6 Å². The van der Waals surface area contributed by atoms with Gasteiger partial charge in [-0.15, -0.1) is 10.2 Å². The molecule has 0 fully saturated rings. The van der Waals surface area contributed by atoms with E-state index in [0.29, 0.717) is 10.6 Å². The second-order valence-electron chi connectivity index (χ2n) is 3.75. The Morgan fingerprint density at radius 2 is 2.17 bits per heavy atom. The highest BCUT2D eigenvalue weighted by Crippen LogP contribution is 2.31. The molecule has 1 aromatic carbocycles. The molecule has 7 heteroatoms. The van der Waals surface area contributed by atoms with Gasteiger partial charge in [0.2, 0.25) is 0 Å². The molecule has 2 rings (SSSR count). The van der Waals surface area contributed by atoms with Crippen LogP contribution in [-0.4, -0.2) is 20.6 Å². The normalized spacial score (nSPS) is 10.6. The lowest BCUT2D eigenvalue weighted by Crippen LogP contribution is -2.12. The summed E-state index contributed by atoms with van der Waals surface area (Å²) in [6.07, 6.45) is 0. The molecule has 0 atom stereocenters. The SMILES string of the molecule is Cc1nnc(Sc2cc(Cl)ccc2C(=N)N)n1C. The number of aryl methyl sites for hydroxylation is 1.